The molecular formula is C26H27FN4O2. The van der Waals surface area contributed by atoms with Gasteiger partial charge < -0.3 is 10.2 Å². The Hall–Kier alpha value is -3.74. The molecule has 2 amide bonds. The van der Waals surface area contributed by atoms with E-state index in [9.17, 15) is 14.0 Å². The molecule has 7 heteroatoms. The lowest BCUT2D eigenvalue weighted by Gasteiger charge is -2.31. The van der Waals surface area contributed by atoms with Crippen LogP contribution in [0.2, 0.25) is 0 Å². The molecule has 1 aliphatic heterocycles. The maximum absolute atomic E-state index is 13.2. The largest absolute Gasteiger partial charge is 0.349 e. The molecule has 0 bridgehead atoms. The quantitative estimate of drug-likeness (QED) is 0.601. The second-order valence-corrected chi connectivity index (χ2v) is 8.25. The summed E-state index contributed by atoms with van der Waals surface area (Å²) in [5.74, 6) is -0.435. The minimum absolute atomic E-state index is 0.0591. The number of halogens is 1. The molecule has 1 fully saturated rings. The van der Waals surface area contributed by atoms with E-state index in [1.807, 2.05) is 32.0 Å². The van der Waals surface area contributed by atoms with Gasteiger partial charge in [0.2, 0.25) is 5.91 Å². The highest BCUT2D eigenvalue weighted by molar-refractivity contribution is 5.94. The normalized spacial score (nSPS) is 14.6. The predicted octanol–water partition coefficient (Wildman–Crippen LogP) is 4.06. The highest BCUT2D eigenvalue weighted by atomic mass is 19.1. The summed E-state index contributed by atoms with van der Waals surface area (Å²) in [6.07, 6.45) is 4.82. The fourth-order valence-corrected chi connectivity index (χ4v) is 4.09. The number of aromatic nitrogens is 2. The summed E-state index contributed by atoms with van der Waals surface area (Å²) in [4.78, 5) is 26.9. The number of rotatable bonds is 5. The smallest absolute Gasteiger partial charge is 0.251 e. The summed E-state index contributed by atoms with van der Waals surface area (Å²) in [6.45, 7) is 5.00. The van der Waals surface area contributed by atoms with Gasteiger partial charge in [0.1, 0.15) is 5.82 Å². The van der Waals surface area contributed by atoms with E-state index in [1.54, 1.807) is 46.0 Å². The first-order chi connectivity index (χ1) is 15.9. The van der Waals surface area contributed by atoms with E-state index in [0.29, 0.717) is 18.7 Å². The molecule has 1 aliphatic rings. The van der Waals surface area contributed by atoms with E-state index in [1.165, 1.54) is 12.1 Å². The number of hydrogen-bond donors (Lipinski definition) is 1. The zero-order chi connectivity index (χ0) is 23.4. The number of nitrogens with one attached hydrogen (secondary N) is 1. The second kappa shape index (κ2) is 9.81. The number of likely N-dealkylation sites (tertiary alicyclic amines) is 1. The van der Waals surface area contributed by atoms with Crippen LogP contribution in [0.3, 0.4) is 0 Å². The van der Waals surface area contributed by atoms with Crippen molar-refractivity contribution >= 4 is 17.9 Å². The molecule has 4 rings (SSSR count). The lowest BCUT2D eigenvalue weighted by molar-refractivity contribution is -0.126. The average Bonchev–Trinajstić information content (AvgIpc) is 3.12. The van der Waals surface area contributed by atoms with Crippen LogP contribution in [0.15, 0.2) is 60.7 Å². The number of amides is 2. The fourth-order valence-electron chi connectivity index (χ4n) is 4.09. The van der Waals surface area contributed by atoms with Crippen LogP contribution >= 0.6 is 0 Å². The van der Waals surface area contributed by atoms with E-state index in [4.69, 9.17) is 0 Å². The van der Waals surface area contributed by atoms with E-state index < -0.39 is 0 Å². The van der Waals surface area contributed by atoms with Crippen molar-refractivity contribution in [2.75, 3.05) is 13.1 Å². The zero-order valence-corrected chi connectivity index (χ0v) is 18.8. The monoisotopic (exact) mass is 446 g/mol. The standard InChI is InChI=1S/C26H27FN4O2/c1-18-24(19(2)31(29-18)23-10-8-21(27)9-11-23)12-13-25(32)30-16-14-22(15-17-30)28-26(33)20-6-4-3-5-7-20/h3-13,22H,14-17H2,1-2H3,(H,28,33)/b13-12+. The van der Waals surface area contributed by atoms with Gasteiger partial charge in [0.25, 0.3) is 5.91 Å². The van der Waals surface area contributed by atoms with E-state index in [-0.39, 0.29) is 23.7 Å². The summed E-state index contributed by atoms with van der Waals surface area (Å²) in [5.41, 5.74) is 3.96. The van der Waals surface area contributed by atoms with Crippen molar-refractivity contribution < 1.29 is 14.0 Å². The van der Waals surface area contributed by atoms with Gasteiger partial charge in [-0.15, -0.1) is 0 Å². The Morgan fingerprint density at radius 2 is 1.70 bits per heavy atom. The van der Waals surface area contributed by atoms with Crippen molar-refractivity contribution in [2.24, 2.45) is 0 Å². The maximum Gasteiger partial charge on any atom is 0.251 e. The van der Waals surface area contributed by atoms with Gasteiger partial charge in [-0.2, -0.15) is 5.10 Å². The van der Waals surface area contributed by atoms with E-state index in [2.05, 4.69) is 10.4 Å². The Bertz CT molecular complexity index is 1160. The molecular weight excluding hydrogens is 419 g/mol. The highest BCUT2D eigenvalue weighted by Crippen LogP contribution is 2.20. The number of benzene rings is 2. The first kappa shape index (κ1) is 22.5. The van der Waals surface area contributed by atoms with Crippen molar-refractivity contribution in [1.29, 1.82) is 0 Å². The number of aryl methyl sites for hydroxylation is 1. The third kappa shape index (κ3) is 5.19. The van der Waals surface area contributed by atoms with Gasteiger partial charge in [-0.05, 0) is 69.2 Å². The minimum Gasteiger partial charge on any atom is -0.349 e. The lowest BCUT2D eigenvalue weighted by Crippen LogP contribution is -2.46. The molecule has 0 atom stereocenters. The second-order valence-electron chi connectivity index (χ2n) is 8.25. The van der Waals surface area contributed by atoms with E-state index in [0.717, 1.165) is 35.5 Å². The summed E-state index contributed by atoms with van der Waals surface area (Å²) in [6, 6.07) is 15.4. The van der Waals surface area contributed by atoms with Crippen LogP contribution in [0, 0.1) is 19.7 Å². The van der Waals surface area contributed by atoms with Gasteiger partial charge in [0.15, 0.2) is 0 Å². The molecule has 0 unspecified atom stereocenters. The number of carbonyl (C=O) groups excluding carboxylic acids is 2. The predicted molar refractivity (Wildman–Crippen MR) is 126 cm³/mol. The molecule has 1 N–H and O–H groups in total. The van der Waals surface area contributed by atoms with Crippen LogP contribution in [-0.4, -0.2) is 45.6 Å². The Morgan fingerprint density at radius 3 is 2.36 bits per heavy atom. The molecule has 2 heterocycles. The van der Waals surface area contributed by atoms with Crippen LogP contribution in [-0.2, 0) is 4.79 Å². The number of hydrogen-bond acceptors (Lipinski definition) is 3. The fraction of sp³-hybridized carbons (Fsp3) is 0.269. The average molecular weight is 447 g/mol. The Morgan fingerprint density at radius 1 is 1.03 bits per heavy atom. The zero-order valence-electron chi connectivity index (χ0n) is 18.8. The number of nitrogens with zero attached hydrogens (tertiary/aromatic N) is 3. The summed E-state index contributed by atoms with van der Waals surface area (Å²) in [7, 11) is 0. The molecule has 1 aromatic heterocycles. The Kier molecular flexibility index (Phi) is 6.68. The third-order valence-electron chi connectivity index (χ3n) is 5.99. The Labute approximate surface area is 192 Å². The summed E-state index contributed by atoms with van der Waals surface area (Å²) in [5, 5.41) is 7.60. The van der Waals surface area contributed by atoms with E-state index >= 15 is 0 Å². The van der Waals surface area contributed by atoms with Crippen LogP contribution in [0.25, 0.3) is 11.8 Å². The van der Waals surface area contributed by atoms with Crippen molar-refractivity contribution in [1.82, 2.24) is 20.0 Å². The van der Waals surface area contributed by atoms with Gasteiger partial charge in [-0.1, -0.05) is 18.2 Å². The van der Waals surface area contributed by atoms with Crippen molar-refractivity contribution in [3.05, 3.63) is 89.0 Å². The molecule has 170 valence electrons. The minimum atomic E-state index is -0.297. The highest BCUT2D eigenvalue weighted by Gasteiger charge is 2.23. The first-order valence-electron chi connectivity index (χ1n) is 11.1. The SMILES string of the molecule is Cc1nn(-c2ccc(F)cc2)c(C)c1/C=C/C(=O)N1CCC(NC(=O)c2ccccc2)CC1. The summed E-state index contributed by atoms with van der Waals surface area (Å²) < 4.78 is 15.0. The van der Waals surface area contributed by atoms with Crippen LogP contribution in [0.1, 0.15) is 40.2 Å². The topological polar surface area (TPSA) is 67.2 Å². The first-order valence-corrected chi connectivity index (χ1v) is 11.1. The Balaban J connectivity index is 1.35. The molecule has 6 nitrogen and oxygen atoms in total. The molecule has 33 heavy (non-hydrogen) atoms. The molecule has 3 aromatic rings. The lowest BCUT2D eigenvalue weighted by atomic mass is 10.0. The van der Waals surface area contributed by atoms with Crippen LogP contribution in [0.5, 0.6) is 0 Å². The van der Waals surface area contributed by atoms with Crippen LogP contribution < -0.4 is 5.32 Å². The number of carbonyl (C=O) groups is 2. The molecule has 2 aromatic carbocycles. The van der Waals surface area contributed by atoms with Gasteiger partial charge in [0, 0.05) is 42.0 Å². The summed E-state index contributed by atoms with van der Waals surface area (Å²) >= 11 is 0. The van der Waals surface area contributed by atoms with Gasteiger partial charge in [-0.25, -0.2) is 9.07 Å². The molecule has 1 saturated heterocycles. The molecule has 0 radical (unpaired) electrons. The molecule has 0 spiro atoms. The van der Waals surface area contributed by atoms with Gasteiger partial charge in [-0.3, -0.25) is 9.59 Å². The van der Waals surface area contributed by atoms with Crippen LogP contribution in [0.4, 0.5) is 4.39 Å². The molecule has 0 aliphatic carbocycles. The maximum atomic E-state index is 13.2. The van der Waals surface area contributed by atoms with Crippen molar-refractivity contribution in [3.8, 4) is 5.69 Å². The van der Waals surface area contributed by atoms with Gasteiger partial charge >= 0.3 is 0 Å². The third-order valence-corrected chi connectivity index (χ3v) is 5.99. The van der Waals surface area contributed by atoms with Gasteiger partial charge in [0.05, 0.1) is 11.4 Å². The van der Waals surface area contributed by atoms with Crippen molar-refractivity contribution in [3.63, 3.8) is 0 Å². The number of piperidine rings is 1. The molecule has 0 saturated carbocycles. The van der Waals surface area contributed by atoms with Crippen molar-refractivity contribution in [2.45, 2.75) is 32.7 Å².